The van der Waals surface area contributed by atoms with Gasteiger partial charge in [0.05, 0.1) is 22.1 Å². The van der Waals surface area contributed by atoms with Crippen LogP contribution in [0.3, 0.4) is 0 Å². The molecule has 1 aliphatic rings. The molecular weight excluding hydrogens is 410 g/mol. The van der Waals surface area contributed by atoms with Crippen LogP contribution in [0.2, 0.25) is 0 Å². The molecule has 0 aromatic heterocycles. The first kappa shape index (κ1) is 23.1. The van der Waals surface area contributed by atoms with E-state index in [1.807, 2.05) is 20.8 Å². The van der Waals surface area contributed by atoms with Gasteiger partial charge in [-0.2, -0.15) is 0 Å². The lowest BCUT2D eigenvalue weighted by molar-refractivity contribution is -0.385. The van der Waals surface area contributed by atoms with E-state index in [0.29, 0.717) is 12.1 Å². The highest BCUT2D eigenvalue weighted by molar-refractivity contribution is 6.46. The number of hydrogen-bond donors (Lipinski definition) is 1. The van der Waals surface area contributed by atoms with Crippen LogP contribution in [0, 0.1) is 17.0 Å². The number of benzene rings is 2. The summed E-state index contributed by atoms with van der Waals surface area (Å²) in [6.45, 7) is 8.11. The smallest absolute Gasteiger partial charge is 0.295 e. The van der Waals surface area contributed by atoms with E-state index < -0.39 is 22.7 Å². The third-order valence-electron chi connectivity index (χ3n) is 5.84. The predicted octanol–water partition coefficient (Wildman–Crippen LogP) is 3.67. The Labute approximate surface area is 186 Å². The maximum absolute atomic E-state index is 13.1. The monoisotopic (exact) mass is 437 g/mol. The van der Waals surface area contributed by atoms with Crippen LogP contribution < -0.4 is 0 Å². The summed E-state index contributed by atoms with van der Waals surface area (Å²) in [5.74, 6) is -1.95. The molecule has 0 saturated carbocycles. The zero-order chi connectivity index (χ0) is 23.4. The molecule has 168 valence electrons. The number of likely N-dealkylation sites (N-methyl/N-ethyl adjacent to an activating group) is 1. The van der Waals surface area contributed by atoms with Crippen LogP contribution in [0.15, 0.2) is 54.1 Å². The standard InChI is InChI=1S/C24H27N3O5/c1-4-25(5-2)14-15-26-21(18-8-6-7-9-19(18)27(31)32)20(23(29)24(26)30)22(28)17-12-10-16(3)11-13-17/h6-13,21,28H,4-5,14-15H2,1-3H3/b22-20-/t21-/m0/s1. The van der Waals surface area contributed by atoms with Gasteiger partial charge in [-0.05, 0) is 26.1 Å². The van der Waals surface area contributed by atoms with Crippen LogP contribution in [-0.4, -0.2) is 57.7 Å². The fraction of sp³-hybridized carbons (Fsp3) is 0.333. The van der Waals surface area contributed by atoms with Crippen molar-refractivity contribution in [3.8, 4) is 0 Å². The number of hydrogen-bond acceptors (Lipinski definition) is 6. The molecule has 2 aromatic carbocycles. The predicted molar refractivity (Wildman–Crippen MR) is 121 cm³/mol. The first-order chi connectivity index (χ1) is 15.3. The van der Waals surface area contributed by atoms with Gasteiger partial charge in [0.15, 0.2) is 0 Å². The number of aliphatic hydroxyl groups excluding tert-OH is 1. The number of carbonyl (C=O) groups excluding carboxylic acids is 2. The number of ketones is 1. The van der Waals surface area contributed by atoms with Crippen LogP contribution in [0.25, 0.3) is 5.76 Å². The van der Waals surface area contributed by atoms with Crippen molar-refractivity contribution in [1.82, 2.24) is 9.80 Å². The number of nitro groups is 1. The van der Waals surface area contributed by atoms with Crippen molar-refractivity contribution in [3.63, 3.8) is 0 Å². The molecule has 1 fully saturated rings. The Hall–Kier alpha value is -3.52. The van der Waals surface area contributed by atoms with E-state index in [-0.39, 0.29) is 29.1 Å². The van der Waals surface area contributed by atoms with Gasteiger partial charge in [-0.1, -0.05) is 55.8 Å². The second-order valence-electron chi connectivity index (χ2n) is 7.70. The Bertz CT molecular complexity index is 1060. The molecule has 8 heteroatoms. The number of nitro benzene ring substituents is 1. The van der Waals surface area contributed by atoms with Crippen molar-refractivity contribution in [2.24, 2.45) is 0 Å². The van der Waals surface area contributed by atoms with Crippen LogP contribution in [0.1, 0.15) is 36.6 Å². The molecule has 0 bridgehead atoms. The average Bonchev–Trinajstić information content (AvgIpc) is 3.04. The minimum Gasteiger partial charge on any atom is -0.507 e. The molecule has 0 aliphatic carbocycles. The number of rotatable bonds is 8. The Kier molecular flexibility index (Phi) is 7.05. The van der Waals surface area contributed by atoms with Gasteiger partial charge in [-0.15, -0.1) is 0 Å². The second-order valence-corrected chi connectivity index (χ2v) is 7.70. The summed E-state index contributed by atoms with van der Waals surface area (Å²) in [5, 5.41) is 22.8. The normalized spacial score (nSPS) is 17.9. The van der Waals surface area contributed by atoms with Gasteiger partial charge in [0.25, 0.3) is 17.4 Å². The largest absolute Gasteiger partial charge is 0.507 e. The SMILES string of the molecule is CCN(CC)CCN1C(=O)C(=O)/C(=C(\O)c2ccc(C)cc2)[C@@H]1c1ccccc1[N+](=O)[O-]. The van der Waals surface area contributed by atoms with Crippen molar-refractivity contribution in [1.29, 1.82) is 0 Å². The van der Waals surface area contributed by atoms with Gasteiger partial charge >= 0.3 is 0 Å². The van der Waals surface area contributed by atoms with E-state index in [0.717, 1.165) is 18.7 Å². The number of aryl methyl sites for hydroxylation is 1. The maximum atomic E-state index is 13.1. The van der Waals surface area contributed by atoms with Crippen molar-refractivity contribution in [2.45, 2.75) is 26.8 Å². The molecule has 0 spiro atoms. The minimum absolute atomic E-state index is 0.132. The number of para-hydroxylation sites is 1. The molecule has 1 saturated heterocycles. The lowest BCUT2D eigenvalue weighted by Gasteiger charge is -2.28. The summed E-state index contributed by atoms with van der Waals surface area (Å²) in [6.07, 6.45) is 0. The Morgan fingerprint density at radius 2 is 1.72 bits per heavy atom. The van der Waals surface area contributed by atoms with E-state index in [1.54, 1.807) is 30.3 Å². The highest BCUT2D eigenvalue weighted by Crippen LogP contribution is 2.42. The average molecular weight is 437 g/mol. The second kappa shape index (κ2) is 9.74. The van der Waals surface area contributed by atoms with Gasteiger partial charge in [-0.3, -0.25) is 19.7 Å². The Balaban J connectivity index is 2.18. The summed E-state index contributed by atoms with van der Waals surface area (Å²) in [7, 11) is 0. The van der Waals surface area contributed by atoms with E-state index >= 15 is 0 Å². The van der Waals surface area contributed by atoms with Crippen LogP contribution in [0.5, 0.6) is 0 Å². The van der Waals surface area contributed by atoms with Gasteiger partial charge in [0, 0.05) is 24.7 Å². The zero-order valence-electron chi connectivity index (χ0n) is 18.4. The number of aliphatic hydroxyl groups is 1. The number of amides is 1. The number of likely N-dealkylation sites (tertiary alicyclic amines) is 1. The van der Waals surface area contributed by atoms with E-state index in [2.05, 4.69) is 4.90 Å². The molecule has 32 heavy (non-hydrogen) atoms. The summed E-state index contributed by atoms with van der Waals surface area (Å²) in [4.78, 5) is 40.7. The van der Waals surface area contributed by atoms with Gasteiger partial charge in [0.2, 0.25) is 0 Å². The fourth-order valence-corrected chi connectivity index (χ4v) is 3.97. The topological polar surface area (TPSA) is 104 Å². The third kappa shape index (κ3) is 4.40. The van der Waals surface area contributed by atoms with Gasteiger partial charge in [0.1, 0.15) is 5.76 Å². The number of carbonyl (C=O) groups is 2. The molecule has 1 atom stereocenters. The molecular formula is C24H27N3O5. The van der Waals surface area contributed by atoms with Gasteiger partial charge in [-0.25, -0.2) is 0 Å². The lowest BCUT2D eigenvalue weighted by Crippen LogP contribution is -2.38. The van der Waals surface area contributed by atoms with E-state index in [4.69, 9.17) is 0 Å². The zero-order valence-corrected chi connectivity index (χ0v) is 18.4. The Morgan fingerprint density at radius 1 is 1.09 bits per heavy atom. The highest BCUT2D eigenvalue weighted by Gasteiger charge is 2.47. The lowest BCUT2D eigenvalue weighted by atomic mass is 9.94. The first-order valence-electron chi connectivity index (χ1n) is 10.6. The van der Waals surface area contributed by atoms with Crippen LogP contribution >= 0.6 is 0 Å². The number of nitrogens with zero attached hydrogens (tertiary/aromatic N) is 3. The molecule has 1 N–H and O–H groups in total. The van der Waals surface area contributed by atoms with Gasteiger partial charge < -0.3 is 14.9 Å². The number of Topliss-reactive ketones (excluding diaryl/α,β-unsaturated/α-hetero) is 1. The molecule has 1 heterocycles. The minimum atomic E-state index is -1.05. The summed E-state index contributed by atoms with van der Waals surface area (Å²) < 4.78 is 0. The molecule has 2 aromatic rings. The first-order valence-corrected chi connectivity index (χ1v) is 10.6. The summed E-state index contributed by atoms with van der Waals surface area (Å²) in [5.41, 5.74) is 1.21. The molecule has 1 aliphatic heterocycles. The summed E-state index contributed by atoms with van der Waals surface area (Å²) >= 11 is 0. The van der Waals surface area contributed by atoms with Crippen molar-refractivity contribution in [3.05, 3.63) is 80.9 Å². The quantitative estimate of drug-likeness (QED) is 0.222. The van der Waals surface area contributed by atoms with E-state index in [1.165, 1.54) is 23.1 Å². The molecule has 3 rings (SSSR count). The van der Waals surface area contributed by atoms with Crippen molar-refractivity contribution in [2.75, 3.05) is 26.2 Å². The molecule has 1 amide bonds. The van der Waals surface area contributed by atoms with E-state index in [9.17, 15) is 24.8 Å². The van der Waals surface area contributed by atoms with Crippen molar-refractivity contribution < 1.29 is 19.6 Å². The maximum Gasteiger partial charge on any atom is 0.295 e. The van der Waals surface area contributed by atoms with Crippen LogP contribution in [-0.2, 0) is 9.59 Å². The van der Waals surface area contributed by atoms with Crippen LogP contribution in [0.4, 0.5) is 5.69 Å². The summed E-state index contributed by atoms with van der Waals surface area (Å²) in [6, 6.07) is 11.9. The fourth-order valence-electron chi connectivity index (χ4n) is 3.97. The highest BCUT2D eigenvalue weighted by atomic mass is 16.6. The Morgan fingerprint density at radius 3 is 2.31 bits per heavy atom. The molecule has 8 nitrogen and oxygen atoms in total. The third-order valence-corrected chi connectivity index (χ3v) is 5.84. The van der Waals surface area contributed by atoms with Crippen molar-refractivity contribution >= 4 is 23.1 Å². The molecule has 0 radical (unpaired) electrons. The molecule has 0 unspecified atom stereocenters.